The van der Waals surface area contributed by atoms with Gasteiger partial charge in [-0.05, 0) is 144 Å². The van der Waals surface area contributed by atoms with Crippen molar-refractivity contribution in [2.45, 2.75) is 54.6 Å². The van der Waals surface area contributed by atoms with E-state index in [4.69, 9.17) is 9.47 Å². The van der Waals surface area contributed by atoms with Crippen molar-refractivity contribution in [3.05, 3.63) is 190 Å². The van der Waals surface area contributed by atoms with E-state index in [-0.39, 0.29) is 6.61 Å². The van der Waals surface area contributed by atoms with Gasteiger partial charge in [-0.15, -0.1) is 6.58 Å². The normalized spacial score (nSPS) is 11.5. The Morgan fingerprint density at radius 3 is 1.64 bits per heavy atom. The predicted octanol–water partition coefficient (Wildman–Crippen LogP) is 12.3. The molecule has 302 valence electrons. The lowest BCUT2D eigenvalue weighted by Crippen LogP contribution is -2.31. The van der Waals surface area contributed by atoms with Crippen molar-refractivity contribution in [1.82, 2.24) is 0 Å². The maximum atomic E-state index is 12.5. The summed E-state index contributed by atoms with van der Waals surface area (Å²) in [7, 11) is 4.29. The van der Waals surface area contributed by atoms with E-state index in [9.17, 15) is 4.79 Å². The molecule has 1 unspecified atom stereocenters. The largest absolute Gasteiger partial charge is 0.455 e. The molecule has 0 radical (unpaired) electrons. The summed E-state index contributed by atoms with van der Waals surface area (Å²) in [5.41, 5.74) is 16.9. The summed E-state index contributed by atoms with van der Waals surface area (Å²) in [6, 6.07) is 39.6. The average Bonchev–Trinajstić information content (AvgIpc) is 3.20. The van der Waals surface area contributed by atoms with E-state index in [1.807, 2.05) is 0 Å². The Bertz CT molecular complexity index is 2310. The number of nitrogens with zero attached hydrogens (tertiary/aromatic N) is 2. The van der Waals surface area contributed by atoms with E-state index in [0.717, 1.165) is 50.4 Å². The van der Waals surface area contributed by atoms with E-state index < -0.39 is 12.1 Å². The summed E-state index contributed by atoms with van der Waals surface area (Å²) in [6.45, 7) is 23.1. The number of carbonyl (C=O) groups excluding carboxylic acids is 1. The highest BCUT2D eigenvalue weighted by atomic mass is 16.6. The first-order chi connectivity index (χ1) is 28.3. The van der Waals surface area contributed by atoms with Gasteiger partial charge in [0.05, 0.1) is 59.4 Å². The van der Waals surface area contributed by atoms with Crippen LogP contribution >= 0.6 is 0 Å². The third kappa shape index (κ3) is 9.56. The molecule has 0 aliphatic heterocycles. The topological polar surface area (TPSA) is 54.0 Å². The first-order valence-corrected chi connectivity index (χ1v) is 20.3. The molecule has 6 aromatic rings. The van der Waals surface area contributed by atoms with Crippen molar-refractivity contribution >= 4 is 45.2 Å². The van der Waals surface area contributed by atoms with Gasteiger partial charge in [0, 0.05) is 41.8 Å². The molecule has 0 amide bonds. The average molecular weight is 785 g/mol. The van der Waals surface area contributed by atoms with E-state index in [1.165, 1.54) is 44.8 Å². The number of ether oxygens (including phenoxy) is 2. The highest BCUT2D eigenvalue weighted by Gasteiger charge is 2.27. The van der Waals surface area contributed by atoms with Crippen LogP contribution in [0.5, 0.6) is 0 Å². The van der Waals surface area contributed by atoms with Crippen LogP contribution in [0.25, 0.3) is 10.8 Å². The molecule has 0 saturated heterocycles. The van der Waals surface area contributed by atoms with Crippen molar-refractivity contribution in [3.8, 4) is 0 Å². The molecule has 6 nitrogen and oxygen atoms in total. The number of hydrogen-bond donors (Lipinski definition) is 1. The quantitative estimate of drug-likeness (QED) is 0.0263. The van der Waals surface area contributed by atoms with Crippen molar-refractivity contribution in [2.24, 2.45) is 0 Å². The molecule has 6 rings (SSSR count). The zero-order valence-corrected chi connectivity index (χ0v) is 36.2. The number of hydrogen-bond acceptors (Lipinski definition) is 6. The van der Waals surface area contributed by atoms with Crippen LogP contribution < -0.4 is 15.1 Å². The number of aryl methyl sites for hydroxylation is 6. The lowest BCUT2D eigenvalue weighted by atomic mass is 9.82. The van der Waals surface area contributed by atoms with Gasteiger partial charge in [-0.1, -0.05) is 60.2 Å². The van der Waals surface area contributed by atoms with Crippen molar-refractivity contribution in [1.29, 1.82) is 0 Å². The summed E-state index contributed by atoms with van der Waals surface area (Å²) >= 11 is 0. The Labute approximate surface area is 351 Å². The summed E-state index contributed by atoms with van der Waals surface area (Å²) < 4.78 is 11.4. The molecule has 0 aliphatic carbocycles. The van der Waals surface area contributed by atoms with E-state index in [1.54, 1.807) is 13.0 Å². The fraction of sp³-hybridized carbons (Fsp3) is 0.245. The minimum atomic E-state index is -0.520. The van der Waals surface area contributed by atoms with Crippen LogP contribution in [-0.2, 0) is 14.3 Å². The van der Waals surface area contributed by atoms with E-state index >= 15 is 0 Å². The lowest BCUT2D eigenvalue weighted by molar-refractivity contribution is -0.146. The maximum Gasteiger partial charge on any atom is 0.333 e. The molecule has 6 aromatic carbocycles. The number of rotatable bonds is 16. The number of anilines is 5. The summed E-state index contributed by atoms with van der Waals surface area (Å²) in [4.78, 5) is 17.1. The second-order valence-corrected chi connectivity index (χ2v) is 15.8. The van der Waals surface area contributed by atoms with Gasteiger partial charge in [0.1, 0.15) is 6.10 Å². The Morgan fingerprint density at radius 1 is 0.712 bits per heavy atom. The fourth-order valence-electron chi connectivity index (χ4n) is 8.41. The van der Waals surface area contributed by atoms with Crippen molar-refractivity contribution in [2.75, 3.05) is 49.0 Å². The van der Waals surface area contributed by atoms with Crippen LogP contribution in [0.2, 0.25) is 0 Å². The lowest BCUT2D eigenvalue weighted by Gasteiger charge is -2.25. The molecule has 0 saturated carbocycles. The summed E-state index contributed by atoms with van der Waals surface area (Å²) in [5.74, 6) is 0.689. The van der Waals surface area contributed by atoms with Crippen LogP contribution in [0.1, 0.15) is 57.0 Å². The van der Waals surface area contributed by atoms with Gasteiger partial charge in [0.2, 0.25) is 0 Å². The van der Waals surface area contributed by atoms with Crippen LogP contribution in [0.15, 0.2) is 134 Å². The van der Waals surface area contributed by atoms with Gasteiger partial charge in [0.15, 0.2) is 0 Å². The smallest absolute Gasteiger partial charge is 0.333 e. The first-order valence-electron chi connectivity index (χ1n) is 20.3. The zero-order chi connectivity index (χ0) is 42.4. The fourth-order valence-corrected chi connectivity index (χ4v) is 8.41. The second-order valence-electron chi connectivity index (χ2n) is 15.8. The number of nitrogens with one attached hydrogen (secondary N) is 1. The van der Waals surface area contributed by atoms with Crippen LogP contribution in [0.3, 0.4) is 0 Å². The molecular weight excluding hydrogens is 727 g/mol. The number of carbonyl (C=O) groups is 1. The predicted molar refractivity (Wildman–Crippen MR) is 249 cm³/mol. The third-order valence-corrected chi connectivity index (χ3v) is 10.9. The summed E-state index contributed by atoms with van der Waals surface area (Å²) in [6.07, 6.45) is 1.16. The Hall–Kier alpha value is -6.24. The third-order valence-electron chi connectivity index (χ3n) is 10.9. The standard InChI is InChI=1S/C53H58N3O3/c1-12-27-58-33-45(59-53(57)34(2)3)32-54-49-26-25-48(46-15-13-14-16-47(46)49)50(41-17-21-43(22-18-41)55(10)51-37(6)28-35(4)29-38(51)7)42-19-23-44(24-20-42)56(11)52-39(8)30-36(5)31-40(52)9/h12-26,28-31,45,54H,1-2,27,32-33H2,3-11H3/q+1. The molecule has 1 atom stereocenters. The number of benzene rings is 6. The van der Waals surface area contributed by atoms with Crippen molar-refractivity contribution < 1.29 is 14.3 Å². The molecular formula is C53H58N3O3+. The highest BCUT2D eigenvalue weighted by Crippen LogP contribution is 2.40. The van der Waals surface area contributed by atoms with Crippen molar-refractivity contribution in [3.63, 3.8) is 0 Å². The molecule has 0 bridgehead atoms. The second kappa shape index (κ2) is 18.6. The SMILES string of the molecule is C=CCOCC(CNc1ccc([C+](c2ccc(N(C)c3c(C)cc(C)cc3C)cc2)c2ccc(N(C)c3c(C)cc(C)cc3C)cc2)c2ccccc12)OC(=O)C(=C)C. The van der Waals surface area contributed by atoms with Crippen LogP contribution in [0, 0.1) is 47.5 Å². The van der Waals surface area contributed by atoms with Crippen LogP contribution in [0.4, 0.5) is 28.4 Å². The van der Waals surface area contributed by atoms with Gasteiger partial charge in [0.25, 0.3) is 0 Å². The Morgan fingerprint density at radius 2 is 1.19 bits per heavy atom. The van der Waals surface area contributed by atoms with Crippen LogP contribution in [-0.4, -0.2) is 45.9 Å². The Kier molecular flexibility index (Phi) is 13.3. The molecule has 0 aromatic heterocycles. The van der Waals surface area contributed by atoms with Gasteiger partial charge < -0.3 is 24.6 Å². The maximum absolute atomic E-state index is 12.5. The molecule has 1 N–H and O–H groups in total. The molecule has 6 heteroatoms. The van der Waals surface area contributed by atoms with Gasteiger partial charge in [-0.25, -0.2) is 4.79 Å². The Balaban J connectivity index is 1.40. The number of fused-ring (bicyclic) bond motifs is 1. The zero-order valence-electron chi connectivity index (χ0n) is 36.2. The molecule has 0 heterocycles. The highest BCUT2D eigenvalue weighted by molar-refractivity contribution is 5.98. The van der Waals surface area contributed by atoms with Gasteiger partial charge in [-0.2, -0.15) is 0 Å². The summed E-state index contributed by atoms with van der Waals surface area (Å²) in [5, 5.41) is 5.73. The number of esters is 1. The van der Waals surface area contributed by atoms with E-state index in [0.29, 0.717) is 18.7 Å². The minimum absolute atomic E-state index is 0.231. The molecule has 0 spiro atoms. The van der Waals surface area contributed by atoms with Gasteiger partial charge >= 0.3 is 5.97 Å². The van der Waals surface area contributed by atoms with Gasteiger partial charge in [-0.3, -0.25) is 0 Å². The van der Waals surface area contributed by atoms with E-state index in [2.05, 4.69) is 193 Å². The molecule has 59 heavy (non-hydrogen) atoms. The molecule has 0 fully saturated rings. The monoisotopic (exact) mass is 784 g/mol. The minimum Gasteiger partial charge on any atom is -0.455 e. The first kappa shape index (κ1) is 42.4. The molecule has 0 aliphatic rings.